The number of piperazine rings is 1. The second-order valence-electron chi connectivity index (χ2n) is 5.05. The lowest BCUT2D eigenvalue weighted by molar-refractivity contribution is 0.0737. The summed E-state index contributed by atoms with van der Waals surface area (Å²) in [6, 6.07) is 7.29. The zero-order chi connectivity index (χ0) is 14.1. The largest absolute Gasteiger partial charge is 0.336 e. The Morgan fingerprint density at radius 3 is 2.50 bits per heavy atom. The van der Waals surface area contributed by atoms with Crippen molar-refractivity contribution in [1.82, 2.24) is 14.8 Å². The molecular formula is C15H17N3O2. The summed E-state index contributed by atoms with van der Waals surface area (Å²) < 4.78 is 1.48. The average Bonchev–Trinajstić information content (AvgIpc) is 2.51. The monoisotopic (exact) mass is 271 g/mol. The molecule has 5 heteroatoms. The minimum Gasteiger partial charge on any atom is -0.336 e. The number of rotatable bonds is 1. The van der Waals surface area contributed by atoms with Crippen LogP contribution in [0.5, 0.6) is 0 Å². The van der Waals surface area contributed by atoms with Crippen molar-refractivity contribution in [2.45, 2.75) is 0 Å². The number of hydrogen-bond donors (Lipinski definition) is 1. The zero-order valence-corrected chi connectivity index (χ0v) is 11.4. The van der Waals surface area contributed by atoms with Crippen LogP contribution < -0.4 is 10.9 Å². The van der Waals surface area contributed by atoms with Crippen LogP contribution in [0.2, 0.25) is 0 Å². The number of aryl methyl sites for hydroxylation is 1. The van der Waals surface area contributed by atoms with Crippen molar-refractivity contribution in [3.8, 4) is 0 Å². The second-order valence-corrected chi connectivity index (χ2v) is 5.05. The van der Waals surface area contributed by atoms with E-state index >= 15 is 0 Å². The van der Waals surface area contributed by atoms with E-state index in [-0.39, 0.29) is 11.5 Å². The predicted octanol–water partition coefficient (Wildman–Crippen LogP) is 0.584. The van der Waals surface area contributed by atoms with Crippen LogP contribution in [-0.4, -0.2) is 41.6 Å². The van der Waals surface area contributed by atoms with Crippen LogP contribution in [0.25, 0.3) is 10.8 Å². The molecule has 0 saturated carbocycles. The molecule has 1 fully saturated rings. The van der Waals surface area contributed by atoms with E-state index in [0.29, 0.717) is 24.0 Å². The molecule has 0 atom stereocenters. The molecule has 2 heterocycles. The number of carbonyl (C=O) groups excluding carboxylic acids is 1. The molecular weight excluding hydrogens is 254 g/mol. The van der Waals surface area contributed by atoms with Gasteiger partial charge in [0, 0.05) is 50.2 Å². The number of hydrogen-bond acceptors (Lipinski definition) is 3. The van der Waals surface area contributed by atoms with E-state index in [1.165, 1.54) is 4.57 Å². The third kappa shape index (κ3) is 2.10. The van der Waals surface area contributed by atoms with Crippen LogP contribution in [0.4, 0.5) is 0 Å². The van der Waals surface area contributed by atoms with Crippen LogP contribution in [0.15, 0.2) is 35.3 Å². The van der Waals surface area contributed by atoms with Crippen molar-refractivity contribution < 1.29 is 4.79 Å². The van der Waals surface area contributed by atoms with Gasteiger partial charge in [-0.1, -0.05) is 18.2 Å². The molecule has 1 aromatic heterocycles. The highest BCUT2D eigenvalue weighted by Gasteiger charge is 2.21. The van der Waals surface area contributed by atoms with Crippen molar-refractivity contribution >= 4 is 16.7 Å². The lowest BCUT2D eigenvalue weighted by Crippen LogP contribution is -2.46. The SMILES string of the molecule is Cn1cc(C(=O)N2CCNCC2)c2ccccc2c1=O. The Kier molecular flexibility index (Phi) is 3.28. The molecule has 1 saturated heterocycles. The van der Waals surface area contributed by atoms with Gasteiger partial charge in [-0.15, -0.1) is 0 Å². The van der Waals surface area contributed by atoms with Crippen molar-refractivity contribution in [1.29, 1.82) is 0 Å². The van der Waals surface area contributed by atoms with E-state index in [4.69, 9.17) is 0 Å². The first kappa shape index (κ1) is 12.9. The summed E-state index contributed by atoms with van der Waals surface area (Å²) in [7, 11) is 1.68. The van der Waals surface area contributed by atoms with Crippen molar-refractivity contribution in [3.63, 3.8) is 0 Å². The summed E-state index contributed by atoms with van der Waals surface area (Å²) in [4.78, 5) is 26.6. The van der Waals surface area contributed by atoms with Gasteiger partial charge in [-0.2, -0.15) is 0 Å². The Labute approximate surface area is 116 Å². The maximum absolute atomic E-state index is 12.7. The molecule has 1 aromatic carbocycles. The van der Waals surface area contributed by atoms with Crippen molar-refractivity contribution in [2.24, 2.45) is 7.05 Å². The third-order valence-electron chi connectivity index (χ3n) is 3.73. The highest BCUT2D eigenvalue weighted by atomic mass is 16.2. The maximum Gasteiger partial charge on any atom is 0.258 e. The molecule has 20 heavy (non-hydrogen) atoms. The summed E-state index contributed by atoms with van der Waals surface area (Å²) >= 11 is 0. The number of nitrogens with zero attached hydrogens (tertiary/aromatic N) is 2. The quantitative estimate of drug-likeness (QED) is 0.825. The molecule has 0 unspecified atom stereocenters. The maximum atomic E-state index is 12.7. The molecule has 1 amide bonds. The molecule has 104 valence electrons. The first-order valence-electron chi connectivity index (χ1n) is 6.77. The fourth-order valence-corrected chi connectivity index (χ4v) is 2.62. The number of pyridine rings is 1. The van der Waals surface area contributed by atoms with Gasteiger partial charge in [-0.05, 0) is 6.07 Å². The van der Waals surface area contributed by atoms with Crippen LogP contribution in [0.3, 0.4) is 0 Å². The molecule has 1 aliphatic heterocycles. The number of fused-ring (bicyclic) bond motifs is 1. The smallest absolute Gasteiger partial charge is 0.258 e. The molecule has 5 nitrogen and oxygen atoms in total. The number of carbonyl (C=O) groups is 1. The molecule has 2 aromatic rings. The molecule has 1 aliphatic rings. The normalized spacial score (nSPS) is 15.6. The van der Waals surface area contributed by atoms with Crippen LogP contribution in [0.1, 0.15) is 10.4 Å². The standard InChI is InChI=1S/C15H17N3O2/c1-17-10-13(15(20)18-8-6-16-7-9-18)11-4-2-3-5-12(11)14(17)19/h2-5,10,16H,6-9H2,1H3. The second kappa shape index (κ2) is 5.09. The van der Waals surface area contributed by atoms with Gasteiger partial charge in [-0.25, -0.2) is 0 Å². The average molecular weight is 271 g/mol. The highest BCUT2D eigenvalue weighted by molar-refractivity contribution is 6.06. The minimum absolute atomic E-state index is 0.00157. The van der Waals surface area contributed by atoms with Gasteiger partial charge < -0.3 is 14.8 Å². The summed E-state index contributed by atoms with van der Waals surface area (Å²) in [6.45, 7) is 3.04. The Balaban J connectivity index is 2.13. The van der Waals surface area contributed by atoms with Crippen LogP contribution in [-0.2, 0) is 7.05 Å². The van der Waals surface area contributed by atoms with Crippen LogP contribution in [0, 0.1) is 0 Å². The number of aromatic nitrogens is 1. The third-order valence-corrected chi connectivity index (χ3v) is 3.73. The Hall–Kier alpha value is -2.14. The van der Waals surface area contributed by atoms with E-state index in [2.05, 4.69) is 5.32 Å². The topological polar surface area (TPSA) is 54.3 Å². The zero-order valence-electron chi connectivity index (χ0n) is 11.4. The summed E-state index contributed by atoms with van der Waals surface area (Å²) in [5, 5.41) is 4.56. The fourth-order valence-electron chi connectivity index (χ4n) is 2.62. The van der Waals surface area contributed by atoms with Gasteiger partial charge in [-0.3, -0.25) is 9.59 Å². The van der Waals surface area contributed by atoms with Gasteiger partial charge in [0.05, 0.1) is 5.56 Å². The van der Waals surface area contributed by atoms with Crippen molar-refractivity contribution in [2.75, 3.05) is 26.2 Å². The van der Waals surface area contributed by atoms with E-state index < -0.39 is 0 Å². The van der Waals surface area contributed by atoms with Gasteiger partial charge in [0.2, 0.25) is 0 Å². The fraction of sp³-hybridized carbons (Fsp3) is 0.333. The Morgan fingerprint density at radius 2 is 1.80 bits per heavy atom. The number of benzene rings is 1. The Bertz CT molecular complexity index is 715. The van der Waals surface area contributed by atoms with Gasteiger partial charge in [0.15, 0.2) is 0 Å². The van der Waals surface area contributed by atoms with Gasteiger partial charge >= 0.3 is 0 Å². The lowest BCUT2D eigenvalue weighted by atomic mass is 10.1. The Morgan fingerprint density at radius 1 is 1.15 bits per heavy atom. The summed E-state index contributed by atoms with van der Waals surface area (Å²) in [6.07, 6.45) is 1.65. The van der Waals surface area contributed by atoms with Crippen LogP contribution >= 0.6 is 0 Å². The first-order chi connectivity index (χ1) is 9.68. The summed E-state index contributed by atoms with van der Waals surface area (Å²) in [5.41, 5.74) is 0.530. The van der Waals surface area contributed by atoms with Gasteiger partial charge in [0.25, 0.3) is 11.5 Å². The molecule has 1 N–H and O–H groups in total. The predicted molar refractivity (Wildman–Crippen MR) is 78.0 cm³/mol. The molecule has 3 rings (SSSR count). The molecule has 0 spiro atoms. The molecule has 0 aliphatic carbocycles. The molecule has 0 radical (unpaired) electrons. The van der Waals surface area contributed by atoms with Gasteiger partial charge in [0.1, 0.15) is 0 Å². The van der Waals surface area contributed by atoms with E-state index in [9.17, 15) is 9.59 Å². The molecule has 0 bridgehead atoms. The minimum atomic E-state index is -0.0718. The van der Waals surface area contributed by atoms with E-state index in [1.54, 1.807) is 19.3 Å². The first-order valence-corrected chi connectivity index (χ1v) is 6.77. The lowest BCUT2D eigenvalue weighted by Gasteiger charge is -2.28. The number of nitrogens with one attached hydrogen (secondary N) is 1. The summed E-state index contributed by atoms with van der Waals surface area (Å²) in [5.74, 6) is -0.00157. The van der Waals surface area contributed by atoms with Crippen molar-refractivity contribution in [3.05, 3.63) is 46.4 Å². The van der Waals surface area contributed by atoms with E-state index in [1.807, 2.05) is 23.1 Å². The highest BCUT2D eigenvalue weighted by Crippen LogP contribution is 2.17. The number of amides is 1. The van der Waals surface area contributed by atoms with E-state index in [0.717, 1.165) is 18.5 Å².